The zero-order valence-corrected chi connectivity index (χ0v) is 16.2. The second kappa shape index (κ2) is 8.05. The van der Waals surface area contributed by atoms with Crippen molar-refractivity contribution >= 4 is 17.5 Å². The Morgan fingerprint density at radius 2 is 1.85 bits per heavy atom. The molecule has 1 saturated heterocycles. The maximum atomic E-state index is 4.78. The van der Waals surface area contributed by atoms with E-state index in [2.05, 4.69) is 65.5 Å². The summed E-state index contributed by atoms with van der Waals surface area (Å²) < 4.78 is 0. The molecule has 1 aromatic heterocycles. The molecule has 140 valence electrons. The maximum absolute atomic E-state index is 4.78. The van der Waals surface area contributed by atoms with E-state index in [-0.39, 0.29) is 0 Å². The van der Waals surface area contributed by atoms with Gasteiger partial charge in [0, 0.05) is 55.4 Å². The van der Waals surface area contributed by atoms with E-state index in [1.165, 1.54) is 16.8 Å². The molecule has 0 amide bonds. The van der Waals surface area contributed by atoms with Crippen LogP contribution in [-0.2, 0) is 0 Å². The molecule has 2 aliphatic heterocycles. The predicted molar refractivity (Wildman–Crippen MR) is 114 cm³/mol. The van der Waals surface area contributed by atoms with Crippen LogP contribution in [0.25, 0.3) is 6.08 Å². The minimum Gasteiger partial charge on any atom is -0.368 e. The lowest BCUT2D eigenvalue weighted by Crippen LogP contribution is -2.54. The van der Waals surface area contributed by atoms with Crippen LogP contribution in [0.1, 0.15) is 37.8 Å². The highest BCUT2D eigenvalue weighted by Gasteiger charge is 2.21. The van der Waals surface area contributed by atoms with Gasteiger partial charge >= 0.3 is 0 Å². The first kappa shape index (κ1) is 17.9. The van der Waals surface area contributed by atoms with Gasteiger partial charge in [0.15, 0.2) is 0 Å². The van der Waals surface area contributed by atoms with Gasteiger partial charge in [0.05, 0.1) is 5.71 Å². The number of nitrogens with zero attached hydrogens (tertiary/aromatic N) is 3. The lowest BCUT2D eigenvalue weighted by molar-refractivity contribution is 0.407. The molecule has 1 aromatic carbocycles. The standard InChI is InChI=1S/C23H28N4/c1-17-15-27(16-18(2)26-17)22-9-7-19(8-10-22)13-20-5-4-12-25-23(20)21-6-3-11-24-14-21/h3,6-11,13-14,17-18,26H,4-5,12,15-16H2,1-2H3/b20-13+/t17-,18+. The van der Waals surface area contributed by atoms with Crippen LogP contribution in [0.2, 0.25) is 0 Å². The summed E-state index contributed by atoms with van der Waals surface area (Å²) in [4.78, 5) is 11.5. The van der Waals surface area contributed by atoms with Crippen LogP contribution in [0, 0.1) is 0 Å². The molecule has 27 heavy (non-hydrogen) atoms. The Morgan fingerprint density at radius 3 is 2.56 bits per heavy atom. The number of anilines is 1. The molecular weight excluding hydrogens is 332 g/mol. The number of allylic oxidation sites excluding steroid dienone is 1. The number of aliphatic imine (C=N–C) groups is 1. The smallest absolute Gasteiger partial charge is 0.0694 e. The van der Waals surface area contributed by atoms with Crippen molar-refractivity contribution in [2.24, 2.45) is 4.99 Å². The van der Waals surface area contributed by atoms with Gasteiger partial charge in [-0.3, -0.25) is 9.98 Å². The Bertz CT molecular complexity index is 813. The Labute approximate surface area is 162 Å². The monoisotopic (exact) mass is 360 g/mol. The molecule has 0 aliphatic carbocycles. The van der Waals surface area contributed by atoms with Gasteiger partial charge in [-0.1, -0.05) is 12.1 Å². The highest BCUT2D eigenvalue weighted by atomic mass is 15.2. The summed E-state index contributed by atoms with van der Waals surface area (Å²) >= 11 is 0. The first-order chi connectivity index (χ1) is 13.2. The van der Waals surface area contributed by atoms with E-state index in [1.807, 2.05) is 18.5 Å². The van der Waals surface area contributed by atoms with Crippen molar-refractivity contribution < 1.29 is 0 Å². The summed E-state index contributed by atoms with van der Waals surface area (Å²) in [6, 6.07) is 14.1. The van der Waals surface area contributed by atoms with E-state index in [4.69, 9.17) is 4.99 Å². The van der Waals surface area contributed by atoms with E-state index in [0.717, 1.165) is 43.8 Å². The normalized spacial score (nSPS) is 24.7. The van der Waals surface area contributed by atoms with Crippen LogP contribution >= 0.6 is 0 Å². The fourth-order valence-electron chi connectivity index (χ4n) is 4.12. The number of piperazine rings is 1. The van der Waals surface area contributed by atoms with Gasteiger partial charge in [-0.05, 0) is 68.2 Å². The highest BCUT2D eigenvalue weighted by molar-refractivity contribution is 6.15. The largest absolute Gasteiger partial charge is 0.368 e. The van der Waals surface area contributed by atoms with Crippen molar-refractivity contribution in [3.8, 4) is 0 Å². The molecule has 0 spiro atoms. The van der Waals surface area contributed by atoms with Crippen LogP contribution < -0.4 is 10.2 Å². The molecule has 4 heteroatoms. The quantitative estimate of drug-likeness (QED) is 0.901. The van der Waals surface area contributed by atoms with Gasteiger partial charge in [-0.25, -0.2) is 0 Å². The molecule has 1 fully saturated rings. The molecule has 0 unspecified atom stereocenters. The number of nitrogens with one attached hydrogen (secondary N) is 1. The molecule has 2 aromatic rings. The molecule has 0 saturated carbocycles. The number of aromatic nitrogens is 1. The average molecular weight is 361 g/mol. The van der Waals surface area contributed by atoms with E-state index in [9.17, 15) is 0 Å². The number of hydrogen-bond donors (Lipinski definition) is 1. The molecule has 0 bridgehead atoms. The zero-order valence-electron chi connectivity index (χ0n) is 16.2. The van der Waals surface area contributed by atoms with E-state index < -0.39 is 0 Å². The molecule has 4 nitrogen and oxygen atoms in total. The molecule has 2 aliphatic rings. The van der Waals surface area contributed by atoms with E-state index in [1.54, 1.807) is 0 Å². The first-order valence-corrected chi connectivity index (χ1v) is 9.96. The summed E-state index contributed by atoms with van der Waals surface area (Å²) in [5.74, 6) is 0. The summed E-state index contributed by atoms with van der Waals surface area (Å²) in [6.07, 6.45) is 8.20. The van der Waals surface area contributed by atoms with Gasteiger partial charge in [0.1, 0.15) is 0 Å². The van der Waals surface area contributed by atoms with Crippen molar-refractivity contribution in [1.29, 1.82) is 0 Å². The predicted octanol–water partition coefficient (Wildman–Crippen LogP) is 3.93. The Balaban J connectivity index is 1.55. The molecule has 0 radical (unpaired) electrons. The summed E-state index contributed by atoms with van der Waals surface area (Å²) in [6.45, 7) is 7.53. The lowest BCUT2D eigenvalue weighted by Gasteiger charge is -2.37. The van der Waals surface area contributed by atoms with Crippen molar-refractivity contribution in [3.05, 3.63) is 65.5 Å². The summed E-state index contributed by atoms with van der Waals surface area (Å²) in [7, 11) is 0. The van der Waals surface area contributed by atoms with Crippen LogP contribution in [-0.4, -0.2) is 42.4 Å². The SMILES string of the molecule is C[C@@H]1CN(c2ccc(/C=C3\CCCN=C3c3cccnc3)cc2)C[C@H](C)N1. The third-order valence-electron chi connectivity index (χ3n) is 5.27. The molecule has 4 rings (SSSR count). The number of benzene rings is 1. The lowest BCUT2D eigenvalue weighted by atomic mass is 9.95. The van der Waals surface area contributed by atoms with Crippen LogP contribution in [0.15, 0.2) is 59.4 Å². The van der Waals surface area contributed by atoms with Crippen LogP contribution in [0.3, 0.4) is 0 Å². The van der Waals surface area contributed by atoms with Gasteiger partial charge in [0.25, 0.3) is 0 Å². The summed E-state index contributed by atoms with van der Waals surface area (Å²) in [5.41, 5.74) is 6.07. The van der Waals surface area contributed by atoms with Crippen molar-refractivity contribution in [2.75, 3.05) is 24.5 Å². The fraction of sp³-hybridized carbons (Fsp3) is 0.391. The Kier molecular flexibility index (Phi) is 5.35. The van der Waals surface area contributed by atoms with E-state index in [0.29, 0.717) is 12.1 Å². The second-order valence-corrected chi connectivity index (χ2v) is 7.71. The fourth-order valence-corrected chi connectivity index (χ4v) is 4.12. The molecule has 3 heterocycles. The minimum atomic E-state index is 0.524. The van der Waals surface area contributed by atoms with Crippen LogP contribution in [0.4, 0.5) is 5.69 Å². The van der Waals surface area contributed by atoms with Crippen molar-refractivity contribution in [2.45, 2.75) is 38.8 Å². The van der Waals surface area contributed by atoms with Crippen molar-refractivity contribution in [1.82, 2.24) is 10.3 Å². The minimum absolute atomic E-state index is 0.524. The maximum Gasteiger partial charge on any atom is 0.0694 e. The number of hydrogen-bond acceptors (Lipinski definition) is 4. The number of pyridine rings is 1. The Morgan fingerprint density at radius 1 is 1.07 bits per heavy atom. The average Bonchev–Trinajstić information content (AvgIpc) is 2.69. The first-order valence-electron chi connectivity index (χ1n) is 9.96. The third-order valence-corrected chi connectivity index (χ3v) is 5.27. The van der Waals surface area contributed by atoms with Crippen molar-refractivity contribution in [3.63, 3.8) is 0 Å². The highest BCUT2D eigenvalue weighted by Crippen LogP contribution is 2.24. The molecule has 1 N–H and O–H groups in total. The second-order valence-electron chi connectivity index (χ2n) is 7.71. The molecule has 2 atom stereocenters. The van der Waals surface area contributed by atoms with Gasteiger partial charge in [-0.15, -0.1) is 0 Å². The van der Waals surface area contributed by atoms with Gasteiger partial charge < -0.3 is 10.2 Å². The third kappa shape index (κ3) is 4.28. The van der Waals surface area contributed by atoms with Crippen LogP contribution in [0.5, 0.6) is 0 Å². The topological polar surface area (TPSA) is 40.5 Å². The van der Waals surface area contributed by atoms with Gasteiger partial charge in [-0.2, -0.15) is 0 Å². The summed E-state index contributed by atoms with van der Waals surface area (Å²) in [5, 5.41) is 3.60. The Hall–Kier alpha value is -2.46. The van der Waals surface area contributed by atoms with Gasteiger partial charge in [0.2, 0.25) is 0 Å². The molecular formula is C23H28N4. The number of rotatable bonds is 3. The zero-order chi connectivity index (χ0) is 18.6. The van der Waals surface area contributed by atoms with E-state index >= 15 is 0 Å².